The van der Waals surface area contributed by atoms with Gasteiger partial charge in [-0.2, -0.15) is 15.1 Å². The number of aromatic nitrogens is 7. The fourth-order valence-corrected chi connectivity index (χ4v) is 4.66. The third kappa shape index (κ3) is 4.65. The molecule has 0 amide bonds. The van der Waals surface area contributed by atoms with Gasteiger partial charge in [-0.05, 0) is 65.2 Å². The van der Waals surface area contributed by atoms with Crippen LogP contribution in [0, 0.1) is 0 Å². The van der Waals surface area contributed by atoms with Gasteiger partial charge in [-0.3, -0.25) is 9.67 Å². The average molecular weight is 489 g/mol. The fourth-order valence-electron chi connectivity index (χ4n) is 4.66. The van der Waals surface area contributed by atoms with E-state index in [1.54, 1.807) is 0 Å². The molecular weight excluding hydrogens is 452 g/mol. The Bertz CT molecular complexity index is 1340. The number of anilines is 2. The Morgan fingerprint density at radius 3 is 2.58 bits per heavy atom. The highest BCUT2D eigenvalue weighted by Gasteiger charge is 2.23. The number of nitrogens with two attached hydrogens (primary N) is 1. The van der Waals surface area contributed by atoms with E-state index in [9.17, 15) is 0 Å². The number of nitrogens with one attached hydrogen (secondary N) is 1. The van der Waals surface area contributed by atoms with E-state index in [2.05, 4.69) is 65.6 Å². The van der Waals surface area contributed by atoms with Gasteiger partial charge in [-0.15, -0.1) is 0 Å². The maximum Gasteiger partial charge on any atom is 0.229 e. The molecule has 5 heterocycles. The van der Waals surface area contributed by atoms with Crippen molar-refractivity contribution in [1.29, 1.82) is 0 Å². The Morgan fingerprint density at radius 2 is 1.86 bits per heavy atom. The van der Waals surface area contributed by atoms with E-state index in [-0.39, 0.29) is 17.6 Å². The molecule has 0 spiro atoms. The monoisotopic (exact) mass is 488 g/mol. The van der Waals surface area contributed by atoms with Gasteiger partial charge in [0.05, 0.1) is 23.3 Å². The standard InChI is InChI=1S/C26H36N10/c1-17(2)35-16-30-22-23(32-25(33-24(22)35)34-13-9-19(27)10-14-34)29-15-18-7-6-11-28-21(18)20-8-12-31-36(20)26(3,4)5/h6-8,11-12,16-17,19H,9-10,13-15,27H2,1-5H3,(H,29,32,33). The lowest BCUT2D eigenvalue weighted by Crippen LogP contribution is -2.40. The summed E-state index contributed by atoms with van der Waals surface area (Å²) in [5.74, 6) is 1.44. The molecule has 0 bridgehead atoms. The van der Waals surface area contributed by atoms with Crippen LogP contribution in [-0.4, -0.2) is 53.4 Å². The number of rotatable bonds is 6. The molecule has 3 N–H and O–H groups in total. The predicted octanol–water partition coefficient (Wildman–Crippen LogP) is 3.96. The summed E-state index contributed by atoms with van der Waals surface area (Å²) < 4.78 is 4.12. The Hall–Kier alpha value is -3.53. The van der Waals surface area contributed by atoms with Crippen molar-refractivity contribution >= 4 is 22.9 Å². The summed E-state index contributed by atoms with van der Waals surface area (Å²) in [5, 5.41) is 8.12. The Balaban J connectivity index is 1.50. The zero-order valence-corrected chi connectivity index (χ0v) is 21.8. The normalized spacial score (nSPS) is 15.2. The highest BCUT2D eigenvalue weighted by atomic mass is 15.3. The first-order chi connectivity index (χ1) is 17.2. The highest BCUT2D eigenvalue weighted by molar-refractivity contribution is 5.84. The summed E-state index contributed by atoms with van der Waals surface area (Å²) >= 11 is 0. The topological polar surface area (TPSA) is 116 Å². The quantitative estimate of drug-likeness (QED) is 0.419. The molecule has 4 aromatic rings. The third-order valence-corrected chi connectivity index (χ3v) is 6.65. The van der Waals surface area contributed by atoms with Gasteiger partial charge in [0, 0.05) is 44.1 Å². The summed E-state index contributed by atoms with van der Waals surface area (Å²) in [6.07, 6.45) is 7.38. The van der Waals surface area contributed by atoms with Gasteiger partial charge in [0.25, 0.3) is 0 Å². The first-order valence-corrected chi connectivity index (χ1v) is 12.7. The molecule has 1 fully saturated rings. The van der Waals surface area contributed by atoms with Crippen molar-refractivity contribution in [3.63, 3.8) is 0 Å². The van der Waals surface area contributed by atoms with Crippen molar-refractivity contribution in [2.24, 2.45) is 5.73 Å². The summed E-state index contributed by atoms with van der Waals surface area (Å²) in [6.45, 7) is 12.9. The van der Waals surface area contributed by atoms with E-state index in [0.29, 0.717) is 6.54 Å². The molecule has 0 radical (unpaired) electrons. The van der Waals surface area contributed by atoms with Gasteiger partial charge in [-0.25, -0.2) is 4.98 Å². The zero-order chi connectivity index (χ0) is 25.4. The minimum atomic E-state index is -0.157. The summed E-state index contributed by atoms with van der Waals surface area (Å²) in [6, 6.07) is 6.55. The van der Waals surface area contributed by atoms with Gasteiger partial charge in [-0.1, -0.05) is 6.07 Å². The predicted molar refractivity (Wildman–Crippen MR) is 143 cm³/mol. The highest BCUT2D eigenvalue weighted by Crippen LogP contribution is 2.29. The average Bonchev–Trinajstić information content (AvgIpc) is 3.51. The lowest BCUT2D eigenvalue weighted by Gasteiger charge is -2.30. The molecule has 0 unspecified atom stereocenters. The van der Waals surface area contributed by atoms with Crippen molar-refractivity contribution in [3.8, 4) is 11.4 Å². The molecule has 4 aromatic heterocycles. The van der Waals surface area contributed by atoms with Crippen LogP contribution < -0.4 is 16.0 Å². The third-order valence-electron chi connectivity index (χ3n) is 6.65. The summed E-state index contributed by atoms with van der Waals surface area (Å²) in [4.78, 5) is 21.5. The van der Waals surface area contributed by atoms with Crippen LogP contribution in [0.3, 0.4) is 0 Å². The van der Waals surface area contributed by atoms with E-state index < -0.39 is 0 Å². The number of fused-ring (bicyclic) bond motifs is 1. The smallest absolute Gasteiger partial charge is 0.229 e. The van der Waals surface area contributed by atoms with E-state index in [0.717, 1.165) is 65.8 Å². The number of hydrogen-bond donors (Lipinski definition) is 2. The molecule has 10 nitrogen and oxygen atoms in total. The number of hydrogen-bond acceptors (Lipinski definition) is 8. The van der Waals surface area contributed by atoms with Crippen molar-refractivity contribution in [2.45, 2.75) is 71.6 Å². The van der Waals surface area contributed by atoms with Gasteiger partial charge in [0.15, 0.2) is 17.0 Å². The van der Waals surface area contributed by atoms with Gasteiger partial charge < -0.3 is 20.5 Å². The molecule has 1 aliphatic rings. The largest absolute Gasteiger partial charge is 0.364 e. The van der Waals surface area contributed by atoms with Crippen LogP contribution in [0.4, 0.5) is 11.8 Å². The molecule has 0 aromatic carbocycles. The maximum atomic E-state index is 6.14. The van der Waals surface area contributed by atoms with Crippen LogP contribution in [0.1, 0.15) is 59.1 Å². The van der Waals surface area contributed by atoms with Crippen LogP contribution in [0.25, 0.3) is 22.6 Å². The molecule has 1 aliphatic heterocycles. The Morgan fingerprint density at radius 1 is 1.08 bits per heavy atom. The van der Waals surface area contributed by atoms with E-state index >= 15 is 0 Å². The first-order valence-electron chi connectivity index (χ1n) is 12.7. The van der Waals surface area contributed by atoms with E-state index in [1.165, 1.54) is 0 Å². The van der Waals surface area contributed by atoms with Crippen molar-refractivity contribution in [1.82, 2.24) is 34.3 Å². The molecule has 1 saturated heterocycles. The molecule has 0 saturated carbocycles. The van der Waals surface area contributed by atoms with Crippen LogP contribution in [0.15, 0.2) is 36.9 Å². The lowest BCUT2D eigenvalue weighted by atomic mass is 10.1. The molecular formula is C26H36N10. The second kappa shape index (κ2) is 9.50. The van der Waals surface area contributed by atoms with E-state index in [4.69, 9.17) is 20.7 Å². The van der Waals surface area contributed by atoms with E-state index in [1.807, 2.05) is 35.5 Å². The molecule has 5 rings (SSSR count). The van der Waals surface area contributed by atoms with Crippen LogP contribution in [-0.2, 0) is 12.1 Å². The number of nitrogens with zero attached hydrogens (tertiary/aromatic N) is 8. The molecule has 36 heavy (non-hydrogen) atoms. The Kier molecular flexibility index (Phi) is 6.38. The molecule has 0 atom stereocenters. The zero-order valence-electron chi connectivity index (χ0n) is 21.8. The maximum absolute atomic E-state index is 6.14. The van der Waals surface area contributed by atoms with Gasteiger partial charge >= 0.3 is 0 Å². The van der Waals surface area contributed by atoms with Crippen LogP contribution in [0.5, 0.6) is 0 Å². The van der Waals surface area contributed by atoms with Gasteiger partial charge in [0.2, 0.25) is 5.95 Å². The Labute approximate surface area is 212 Å². The molecule has 190 valence electrons. The van der Waals surface area contributed by atoms with Crippen LogP contribution >= 0.6 is 0 Å². The van der Waals surface area contributed by atoms with Crippen LogP contribution in [0.2, 0.25) is 0 Å². The second-order valence-corrected chi connectivity index (χ2v) is 10.8. The summed E-state index contributed by atoms with van der Waals surface area (Å²) in [5.41, 5.74) is 10.5. The lowest BCUT2D eigenvalue weighted by molar-refractivity contribution is 0.359. The van der Waals surface area contributed by atoms with Crippen molar-refractivity contribution < 1.29 is 0 Å². The number of piperidine rings is 1. The van der Waals surface area contributed by atoms with Crippen molar-refractivity contribution in [3.05, 3.63) is 42.5 Å². The fraction of sp³-hybridized carbons (Fsp3) is 0.500. The minimum absolute atomic E-state index is 0.157. The number of pyridine rings is 1. The first kappa shape index (κ1) is 24.2. The molecule has 0 aliphatic carbocycles. The minimum Gasteiger partial charge on any atom is -0.364 e. The van der Waals surface area contributed by atoms with Gasteiger partial charge in [0.1, 0.15) is 0 Å². The number of imidazole rings is 1. The van der Waals surface area contributed by atoms with Crippen molar-refractivity contribution in [2.75, 3.05) is 23.3 Å². The second-order valence-electron chi connectivity index (χ2n) is 10.8. The SMILES string of the molecule is CC(C)n1cnc2c(NCc3cccnc3-c3ccnn3C(C)(C)C)nc(N3CCC(N)CC3)nc21. The molecule has 10 heteroatoms. The summed E-state index contributed by atoms with van der Waals surface area (Å²) in [7, 11) is 0.